The third-order valence-electron chi connectivity index (χ3n) is 13.7. The second-order valence-electron chi connectivity index (χ2n) is 21.3. The molecule has 0 aromatic heterocycles. The van der Waals surface area contributed by atoms with Crippen LogP contribution in [0, 0.1) is 0 Å². The van der Waals surface area contributed by atoms with Crippen molar-refractivity contribution in [1.82, 2.24) is 0 Å². The van der Waals surface area contributed by atoms with Crippen molar-refractivity contribution in [3.63, 3.8) is 0 Å². The number of ether oxygens (including phenoxy) is 5. The minimum Gasteiger partial charge on any atom is -0.479 e. The number of unbranched alkanes of at least 4 members (excludes halogenated alkanes) is 18. The Labute approximate surface area is 502 Å². The molecule has 12 nitrogen and oxygen atoms in total. The Morgan fingerprint density at radius 3 is 1.22 bits per heavy atom. The topological polar surface area (TPSA) is 175 Å². The molecular weight excluding hydrogens is 1040 g/mol. The Bertz CT molecular complexity index is 1950. The molecule has 1 heterocycles. The van der Waals surface area contributed by atoms with Crippen molar-refractivity contribution in [2.24, 2.45) is 0 Å². The number of aliphatic hydroxyl groups excluding tert-OH is 2. The van der Waals surface area contributed by atoms with Gasteiger partial charge in [-0.15, -0.1) is 0 Å². The van der Waals surface area contributed by atoms with Gasteiger partial charge in [0.05, 0.1) is 13.0 Å². The monoisotopic (exact) mass is 1160 g/mol. The molecule has 1 aliphatic rings. The molecule has 1 rings (SSSR count). The molecule has 6 atom stereocenters. The van der Waals surface area contributed by atoms with E-state index in [1.165, 1.54) is 51.4 Å². The first kappa shape index (κ1) is 75.9. The van der Waals surface area contributed by atoms with E-state index in [-0.39, 0.29) is 25.9 Å². The first-order valence-electron chi connectivity index (χ1n) is 32.2. The number of carbonyl (C=O) groups is 4. The van der Waals surface area contributed by atoms with E-state index in [1.807, 2.05) is 12.2 Å². The fraction of sp³-hybridized carbons (Fsp3) is 0.634. The molecule has 12 heteroatoms. The second kappa shape index (κ2) is 57.3. The summed E-state index contributed by atoms with van der Waals surface area (Å²) in [6.45, 7) is 5.76. The lowest BCUT2D eigenvalue weighted by Crippen LogP contribution is -2.61. The molecule has 1 fully saturated rings. The number of carbonyl (C=O) groups excluding carboxylic acids is 3. The van der Waals surface area contributed by atoms with Crippen LogP contribution in [-0.2, 0) is 42.9 Å². The number of rotatable bonds is 53. The van der Waals surface area contributed by atoms with Gasteiger partial charge in [-0.1, -0.05) is 231 Å². The summed E-state index contributed by atoms with van der Waals surface area (Å²) in [5.74, 6) is -3.33. The van der Waals surface area contributed by atoms with Crippen LogP contribution in [0.15, 0.2) is 134 Å². The second-order valence-corrected chi connectivity index (χ2v) is 21.3. The van der Waals surface area contributed by atoms with Crippen molar-refractivity contribution in [2.75, 3.05) is 13.2 Å². The van der Waals surface area contributed by atoms with Crippen molar-refractivity contribution >= 4 is 23.9 Å². The summed E-state index contributed by atoms with van der Waals surface area (Å²) >= 11 is 0. The number of carboxylic acid groups (broad SMARTS) is 1. The number of allylic oxidation sites excluding steroid dienone is 21. The van der Waals surface area contributed by atoms with Gasteiger partial charge in [-0.3, -0.25) is 14.4 Å². The number of esters is 3. The van der Waals surface area contributed by atoms with Gasteiger partial charge in [-0.25, -0.2) is 4.79 Å². The van der Waals surface area contributed by atoms with Crippen LogP contribution in [0.25, 0.3) is 0 Å². The van der Waals surface area contributed by atoms with Gasteiger partial charge in [-0.2, -0.15) is 0 Å². The highest BCUT2D eigenvalue weighted by molar-refractivity contribution is 5.74. The average Bonchev–Trinajstić information content (AvgIpc) is 3.57. The van der Waals surface area contributed by atoms with E-state index < -0.39 is 67.3 Å². The van der Waals surface area contributed by atoms with Gasteiger partial charge in [0.2, 0.25) is 0 Å². The quantitative estimate of drug-likeness (QED) is 0.0228. The molecule has 1 saturated heterocycles. The SMILES string of the molecule is CC/C=C\C/C=C\C/C=C\C/C=C\C/C=C\CC(=O)OC1C(OCC(COC(=O)CCCCCCCC/C=C\C/C=C\C/C=C\CCCCC)OC(=O)CCCCCCCC/C=C\C/C=C\C/C=C\CCCCC)OC(C(=O)O)C(O)C1O. The molecule has 3 N–H and O–H groups in total. The van der Waals surface area contributed by atoms with E-state index in [9.17, 15) is 34.5 Å². The first-order chi connectivity index (χ1) is 40.6. The Morgan fingerprint density at radius 1 is 0.422 bits per heavy atom. The van der Waals surface area contributed by atoms with Crippen LogP contribution in [0.4, 0.5) is 0 Å². The largest absolute Gasteiger partial charge is 0.479 e. The van der Waals surface area contributed by atoms with Crippen molar-refractivity contribution in [2.45, 2.75) is 276 Å². The third-order valence-corrected chi connectivity index (χ3v) is 13.7. The van der Waals surface area contributed by atoms with E-state index in [0.717, 1.165) is 128 Å². The zero-order chi connectivity index (χ0) is 60.3. The summed E-state index contributed by atoms with van der Waals surface area (Å²) in [5, 5.41) is 31.5. The van der Waals surface area contributed by atoms with Crippen molar-refractivity contribution in [3.05, 3.63) is 134 Å². The number of hydrogen-bond acceptors (Lipinski definition) is 11. The van der Waals surface area contributed by atoms with E-state index in [1.54, 1.807) is 12.2 Å². The lowest BCUT2D eigenvalue weighted by molar-refractivity contribution is -0.301. The Hall–Kier alpha value is -5.14. The fourth-order valence-electron chi connectivity index (χ4n) is 8.81. The molecule has 6 unspecified atom stereocenters. The fourth-order valence-corrected chi connectivity index (χ4v) is 8.81. The summed E-state index contributed by atoms with van der Waals surface area (Å²) in [4.78, 5) is 51.3. The summed E-state index contributed by atoms with van der Waals surface area (Å²) in [5.41, 5.74) is 0. The maximum atomic E-state index is 13.2. The molecule has 0 amide bonds. The molecule has 83 heavy (non-hydrogen) atoms. The Balaban J connectivity index is 2.74. The highest BCUT2D eigenvalue weighted by Crippen LogP contribution is 2.26. The van der Waals surface area contributed by atoms with E-state index in [2.05, 4.69) is 130 Å². The van der Waals surface area contributed by atoms with Gasteiger partial charge >= 0.3 is 23.9 Å². The third kappa shape index (κ3) is 46.9. The normalized spacial score (nSPS) is 18.5. The molecular formula is C71H112O12. The minimum atomic E-state index is -1.95. The number of aliphatic hydroxyl groups is 2. The van der Waals surface area contributed by atoms with Crippen LogP contribution in [0.5, 0.6) is 0 Å². The summed E-state index contributed by atoms with van der Waals surface area (Å²) in [6, 6.07) is 0. The average molecular weight is 1160 g/mol. The highest BCUT2D eigenvalue weighted by Gasteiger charge is 2.50. The van der Waals surface area contributed by atoms with Gasteiger partial charge in [0.25, 0.3) is 0 Å². The van der Waals surface area contributed by atoms with Crippen molar-refractivity contribution < 1.29 is 58.2 Å². The number of carboxylic acids is 1. The Kier molecular flexibility index (Phi) is 52.4. The molecule has 0 bridgehead atoms. The van der Waals surface area contributed by atoms with E-state index >= 15 is 0 Å². The maximum absolute atomic E-state index is 13.2. The molecule has 1 aliphatic heterocycles. The lowest BCUT2D eigenvalue weighted by Gasteiger charge is -2.40. The lowest BCUT2D eigenvalue weighted by atomic mass is 9.98. The van der Waals surface area contributed by atoms with E-state index in [0.29, 0.717) is 19.3 Å². The van der Waals surface area contributed by atoms with Crippen molar-refractivity contribution in [3.8, 4) is 0 Å². The van der Waals surface area contributed by atoms with Gasteiger partial charge < -0.3 is 39.0 Å². The minimum absolute atomic E-state index is 0.127. The predicted molar refractivity (Wildman–Crippen MR) is 340 cm³/mol. The van der Waals surface area contributed by atoms with E-state index in [4.69, 9.17) is 23.7 Å². The van der Waals surface area contributed by atoms with Crippen LogP contribution >= 0.6 is 0 Å². The Morgan fingerprint density at radius 2 is 0.795 bits per heavy atom. The number of aliphatic carboxylic acids is 1. The van der Waals surface area contributed by atoms with Gasteiger partial charge in [0.15, 0.2) is 24.6 Å². The zero-order valence-electron chi connectivity index (χ0n) is 51.6. The van der Waals surface area contributed by atoms with Crippen molar-refractivity contribution in [1.29, 1.82) is 0 Å². The van der Waals surface area contributed by atoms with Crippen LogP contribution in [0.2, 0.25) is 0 Å². The zero-order valence-corrected chi connectivity index (χ0v) is 51.6. The predicted octanol–water partition coefficient (Wildman–Crippen LogP) is 17.3. The molecule has 0 spiro atoms. The molecule has 0 aromatic rings. The van der Waals surface area contributed by atoms with Crippen LogP contribution in [0.1, 0.15) is 239 Å². The summed E-state index contributed by atoms with van der Waals surface area (Å²) in [6.07, 6.45) is 68.6. The maximum Gasteiger partial charge on any atom is 0.335 e. The van der Waals surface area contributed by atoms with Crippen LogP contribution < -0.4 is 0 Å². The molecule has 468 valence electrons. The standard InChI is InChI=1S/C71H112O12/c1-4-7-10-13-16-19-22-25-28-30-32-34-37-39-42-45-48-51-54-57-63(72)79-60-62(81-64(73)58-55-52-49-46-43-41-38-35-33-31-29-26-23-20-17-14-11-8-5-2)61-80-71-69(67(76)66(75)68(83-71)70(77)78)82-65(74)59-56-53-50-47-44-40-36-27-24-21-18-15-12-9-6-3/h9,12,16-21,25-29,32-36,44,47,53,56,62,66-69,71,75-76H,4-8,10-11,13-15,22-24,30-31,37-43,45-46,48-52,54-55,57-61H2,1-3H3,(H,77,78)/b12-9-,19-16-,20-17-,21-18-,28-25-,29-26-,34-32-,35-33-,36-27-,47-44-,56-53-. The van der Waals surface area contributed by atoms with Crippen LogP contribution in [0.3, 0.4) is 0 Å². The molecule has 0 aliphatic carbocycles. The van der Waals surface area contributed by atoms with Crippen LogP contribution in [-0.4, -0.2) is 89.2 Å². The van der Waals surface area contributed by atoms with Gasteiger partial charge in [0, 0.05) is 12.8 Å². The molecule has 0 radical (unpaired) electrons. The molecule has 0 aromatic carbocycles. The highest BCUT2D eigenvalue weighted by atomic mass is 16.7. The summed E-state index contributed by atoms with van der Waals surface area (Å²) in [7, 11) is 0. The summed E-state index contributed by atoms with van der Waals surface area (Å²) < 4.78 is 28.4. The smallest absolute Gasteiger partial charge is 0.335 e. The van der Waals surface area contributed by atoms with Gasteiger partial charge in [-0.05, 0) is 122 Å². The molecule has 0 saturated carbocycles. The first-order valence-corrected chi connectivity index (χ1v) is 32.2. The van der Waals surface area contributed by atoms with Gasteiger partial charge in [0.1, 0.15) is 18.8 Å². The number of hydrogen-bond donors (Lipinski definition) is 3.